The molecule has 7 atom stereocenters. The molecule has 0 aromatic heterocycles. The highest BCUT2D eigenvalue weighted by atomic mass is 19.2. The van der Waals surface area contributed by atoms with Crippen LogP contribution in [0.1, 0.15) is 27.7 Å². The quantitative estimate of drug-likeness (QED) is 0.299. The van der Waals surface area contributed by atoms with Gasteiger partial charge in [-0.3, -0.25) is 4.79 Å². The first-order valence-electron chi connectivity index (χ1n) is 8.90. The van der Waals surface area contributed by atoms with E-state index < -0.39 is 72.7 Å². The highest BCUT2D eigenvalue weighted by Gasteiger charge is 2.63. The molecule has 1 fully saturated rings. The van der Waals surface area contributed by atoms with Gasteiger partial charge in [-0.1, -0.05) is 0 Å². The van der Waals surface area contributed by atoms with Crippen molar-refractivity contribution in [1.29, 1.82) is 0 Å². The first kappa shape index (κ1) is 25.9. The Morgan fingerprint density at radius 3 is 2.30 bits per heavy atom. The standard InChI is InChI=1S/C17H27F2NO10/c1-7(22)28-8(6-21)10(23)12-9(20-15(26)30-16(2,3)4)11(24)13(18)17(19,29-12)14(25)27-5/h8-13,21,23-24H,6H2,1-5H3,(H,20,26)/t8-,9-,10-,11?,12?,13+,17+/m1/s1. The highest BCUT2D eigenvalue weighted by molar-refractivity contribution is 5.79. The van der Waals surface area contributed by atoms with Gasteiger partial charge in [0, 0.05) is 6.92 Å². The number of aliphatic hydroxyl groups is 3. The predicted molar refractivity (Wildman–Crippen MR) is 93.4 cm³/mol. The number of ether oxygens (including phenoxy) is 4. The smallest absolute Gasteiger partial charge is 0.408 e. The van der Waals surface area contributed by atoms with Crippen LogP contribution in [0.2, 0.25) is 0 Å². The van der Waals surface area contributed by atoms with Crippen molar-refractivity contribution in [2.75, 3.05) is 13.7 Å². The summed E-state index contributed by atoms with van der Waals surface area (Å²) in [6.45, 7) is 4.51. The number of halogens is 2. The van der Waals surface area contributed by atoms with Crippen molar-refractivity contribution >= 4 is 18.0 Å². The van der Waals surface area contributed by atoms with Crippen LogP contribution in [0.3, 0.4) is 0 Å². The number of amides is 1. The van der Waals surface area contributed by atoms with Crippen molar-refractivity contribution in [2.45, 2.75) is 75.8 Å². The van der Waals surface area contributed by atoms with E-state index in [0.717, 1.165) is 14.0 Å². The zero-order chi connectivity index (χ0) is 23.4. The summed E-state index contributed by atoms with van der Waals surface area (Å²) in [7, 11) is 0.734. The minimum absolute atomic E-state index is 0.734. The van der Waals surface area contributed by atoms with Gasteiger partial charge in [0.1, 0.15) is 23.9 Å². The number of nitrogens with one attached hydrogen (secondary N) is 1. The summed E-state index contributed by atoms with van der Waals surface area (Å²) in [6.07, 6.45) is -12.5. The van der Waals surface area contributed by atoms with Crippen LogP contribution in [0.5, 0.6) is 0 Å². The van der Waals surface area contributed by atoms with Gasteiger partial charge in [0.15, 0.2) is 12.3 Å². The fourth-order valence-corrected chi connectivity index (χ4v) is 2.77. The van der Waals surface area contributed by atoms with E-state index in [9.17, 15) is 38.5 Å². The van der Waals surface area contributed by atoms with E-state index in [1.54, 1.807) is 0 Å². The molecule has 1 aliphatic heterocycles. The number of aliphatic hydroxyl groups excluding tert-OH is 3. The fraction of sp³-hybridized carbons (Fsp3) is 0.824. The number of hydrogen-bond donors (Lipinski definition) is 4. The van der Waals surface area contributed by atoms with Crippen molar-refractivity contribution in [2.24, 2.45) is 0 Å². The number of alkyl carbamates (subject to hydrolysis) is 1. The number of hydrogen-bond acceptors (Lipinski definition) is 10. The third kappa shape index (κ3) is 5.97. The summed E-state index contributed by atoms with van der Waals surface area (Å²) in [4.78, 5) is 35.0. The SMILES string of the molecule is COC(=O)[C@@]1(F)OC([C@H](O)[C@@H](CO)OC(C)=O)[C@H](NC(=O)OC(C)(C)C)C(O)[C@@H]1F. The molecule has 0 saturated carbocycles. The Balaban J connectivity index is 3.31. The molecular formula is C17H27F2NO10. The summed E-state index contributed by atoms with van der Waals surface area (Å²) in [6, 6.07) is -1.87. The molecule has 1 rings (SSSR count). The molecular weight excluding hydrogens is 416 g/mol. The van der Waals surface area contributed by atoms with Gasteiger partial charge in [-0.05, 0) is 20.8 Å². The number of esters is 2. The second kappa shape index (κ2) is 9.81. The number of rotatable bonds is 6. The van der Waals surface area contributed by atoms with Gasteiger partial charge in [-0.25, -0.2) is 14.0 Å². The van der Waals surface area contributed by atoms with Crippen molar-refractivity contribution in [3.63, 3.8) is 0 Å². The second-order valence-corrected chi connectivity index (χ2v) is 7.60. The maximum Gasteiger partial charge on any atom is 0.408 e. The molecule has 1 saturated heterocycles. The zero-order valence-corrected chi connectivity index (χ0v) is 17.1. The minimum atomic E-state index is -3.86. The maximum atomic E-state index is 15.0. The molecule has 11 nitrogen and oxygen atoms in total. The molecule has 0 bridgehead atoms. The van der Waals surface area contributed by atoms with E-state index in [2.05, 4.69) is 9.47 Å². The van der Waals surface area contributed by atoms with Crippen LogP contribution in [0, 0.1) is 0 Å². The van der Waals surface area contributed by atoms with E-state index in [1.807, 2.05) is 5.32 Å². The van der Waals surface area contributed by atoms with Crippen LogP contribution in [-0.4, -0.2) is 95.2 Å². The molecule has 0 spiro atoms. The van der Waals surface area contributed by atoms with Crippen LogP contribution in [0.4, 0.5) is 13.6 Å². The van der Waals surface area contributed by atoms with Crippen LogP contribution < -0.4 is 5.32 Å². The normalized spacial score (nSPS) is 31.3. The van der Waals surface area contributed by atoms with Gasteiger partial charge in [-0.2, -0.15) is 4.39 Å². The molecule has 0 radical (unpaired) electrons. The van der Waals surface area contributed by atoms with Gasteiger partial charge in [0.25, 0.3) is 0 Å². The Hall–Kier alpha value is -2.09. The molecule has 1 heterocycles. The third-order valence-electron chi connectivity index (χ3n) is 4.05. The summed E-state index contributed by atoms with van der Waals surface area (Å²) >= 11 is 0. The lowest BCUT2D eigenvalue weighted by atomic mass is 9.88. The predicted octanol–water partition coefficient (Wildman–Crippen LogP) is -0.899. The number of alkyl halides is 2. The van der Waals surface area contributed by atoms with Crippen LogP contribution in [-0.2, 0) is 28.5 Å². The van der Waals surface area contributed by atoms with Crippen molar-refractivity contribution in [3.8, 4) is 0 Å². The van der Waals surface area contributed by atoms with Crippen LogP contribution >= 0.6 is 0 Å². The lowest BCUT2D eigenvalue weighted by Crippen LogP contribution is -2.71. The number of carbonyl (C=O) groups is 3. The summed E-state index contributed by atoms with van der Waals surface area (Å²) in [5.74, 6) is -6.65. The monoisotopic (exact) mass is 443 g/mol. The highest BCUT2D eigenvalue weighted by Crippen LogP contribution is 2.36. The zero-order valence-electron chi connectivity index (χ0n) is 17.1. The largest absolute Gasteiger partial charge is 0.465 e. The second-order valence-electron chi connectivity index (χ2n) is 7.60. The van der Waals surface area contributed by atoms with E-state index in [-0.39, 0.29) is 0 Å². The van der Waals surface area contributed by atoms with Crippen molar-refractivity contribution < 1.29 is 57.4 Å². The van der Waals surface area contributed by atoms with Crippen molar-refractivity contribution in [3.05, 3.63) is 0 Å². The Morgan fingerprint density at radius 2 is 1.87 bits per heavy atom. The summed E-state index contributed by atoms with van der Waals surface area (Å²) in [5.41, 5.74) is -1.00. The topological polar surface area (TPSA) is 161 Å². The summed E-state index contributed by atoms with van der Waals surface area (Å²) in [5, 5.41) is 32.2. The molecule has 0 aliphatic carbocycles. The van der Waals surface area contributed by atoms with E-state index in [4.69, 9.17) is 9.47 Å². The Kier molecular flexibility index (Phi) is 8.49. The van der Waals surface area contributed by atoms with Gasteiger partial charge in [0.05, 0.1) is 19.8 Å². The number of carbonyl (C=O) groups excluding carboxylic acids is 3. The molecule has 2 unspecified atom stereocenters. The van der Waals surface area contributed by atoms with Gasteiger partial charge < -0.3 is 39.6 Å². The maximum absolute atomic E-state index is 15.0. The summed E-state index contributed by atoms with van der Waals surface area (Å²) < 4.78 is 48.2. The molecule has 1 amide bonds. The average molecular weight is 443 g/mol. The Morgan fingerprint density at radius 1 is 1.30 bits per heavy atom. The van der Waals surface area contributed by atoms with E-state index in [0.29, 0.717) is 0 Å². The number of methoxy groups -OCH3 is 1. The lowest BCUT2D eigenvalue weighted by molar-refractivity contribution is -0.294. The van der Waals surface area contributed by atoms with Gasteiger partial charge >= 0.3 is 23.9 Å². The molecule has 0 aromatic rings. The molecule has 0 aromatic carbocycles. The van der Waals surface area contributed by atoms with E-state index in [1.165, 1.54) is 20.8 Å². The van der Waals surface area contributed by atoms with Crippen LogP contribution in [0.15, 0.2) is 0 Å². The first-order chi connectivity index (χ1) is 13.7. The third-order valence-corrected chi connectivity index (χ3v) is 4.05. The fourth-order valence-electron chi connectivity index (χ4n) is 2.77. The van der Waals surface area contributed by atoms with Gasteiger partial charge in [0.2, 0.25) is 0 Å². The van der Waals surface area contributed by atoms with Crippen molar-refractivity contribution in [1.82, 2.24) is 5.32 Å². The molecule has 174 valence electrons. The molecule has 4 N–H and O–H groups in total. The molecule has 1 aliphatic rings. The van der Waals surface area contributed by atoms with E-state index >= 15 is 0 Å². The Bertz CT molecular complexity index is 643. The lowest BCUT2D eigenvalue weighted by Gasteiger charge is -2.45. The van der Waals surface area contributed by atoms with Crippen LogP contribution in [0.25, 0.3) is 0 Å². The average Bonchev–Trinajstić information content (AvgIpc) is 2.63. The molecule has 13 heteroatoms. The van der Waals surface area contributed by atoms with Gasteiger partial charge in [-0.15, -0.1) is 0 Å². The first-order valence-corrected chi connectivity index (χ1v) is 8.90. The minimum Gasteiger partial charge on any atom is -0.465 e. The Labute approximate surface area is 171 Å². The molecule has 30 heavy (non-hydrogen) atoms.